The normalized spacial score (nSPS) is 25.3. The molecule has 0 amide bonds. The van der Waals surface area contributed by atoms with Gasteiger partial charge in [0.05, 0.1) is 5.57 Å². The molecule has 1 saturated heterocycles. The molecule has 2 aliphatic carbocycles. The molecule has 0 N–H and O–H groups in total. The van der Waals surface area contributed by atoms with Gasteiger partial charge in [-0.1, -0.05) is 12.2 Å². The Kier molecular flexibility index (Phi) is 0.716. The van der Waals surface area contributed by atoms with Gasteiger partial charge in [-0.05, 0) is 17.6 Å². The third-order valence-corrected chi connectivity index (χ3v) is 2.43. The second kappa shape index (κ2) is 1.47. The van der Waals surface area contributed by atoms with E-state index in [1.807, 2.05) is 6.08 Å². The van der Waals surface area contributed by atoms with Gasteiger partial charge >= 0.3 is 5.97 Å². The topological polar surface area (TPSA) is 26.3 Å². The van der Waals surface area contributed by atoms with Crippen LogP contribution in [0.2, 0.25) is 0 Å². The summed E-state index contributed by atoms with van der Waals surface area (Å²) >= 11 is 0. The van der Waals surface area contributed by atoms with Gasteiger partial charge in [-0.25, -0.2) is 4.79 Å². The number of carbonyl (C=O) groups is 1. The maximum Gasteiger partial charge on any atom is 0.339 e. The molecule has 2 nitrogen and oxygen atoms in total. The predicted molar refractivity (Wildman–Crippen MR) is 38.8 cm³/mol. The van der Waals surface area contributed by atoms with E-state index in [2.05, 4.69) is 6.08 Å². The average Bonchev–Trinajstić information content (AvgIpc) is 2.60. The van der Waals surface area contributed by atoms with Crippen molar-refractivity contribution < 1.29 is 9.53 Å². The molecular weight excluding hydrogens is 140 g/mol. The highest BCUT2D eigenvalue weighted by molar-refractivity contribution is 6.00. The third-order valence-electron chi connectivity index (χ3n) is 2.43. The number of ether oxygens (including phenoxy) is 1. The summed E-state index contributed by atoms with van der Waals surface area (Å²) in [6, 6.07) is 0. The molecule has 54 valence electrons. The van der Waals surface area contributed by atoms with E-state index in [9.17, 15) is 4.79 Å². The minimum Gasteiger partial charge on any atom is -0.457 e. The maximum atomic E-state index is 11.1. The monoisotopic (exact) mass is 146 g/mol. The number of cyclic esters (lactones) is 1. The van der Waals surface area contributed by atoms with Crippen molar-refractivity contribution in [1.29, 1.82) is 0 Å². The third kappa shape index (κ3) is 0.473. The lowest BCUT2D eigenvalue weighted by molar-refractivity contribution is -0.135. The van der Waals surface area contributed by atoms with Crippen molar-refractivity contribution in [2.75, 3.05) is 6.61 Å². The van der Waals surface area contributed by atoms with Crippen LogP contribution in [0.4, 0.5) is 0 Å². The molecule has 11 heavy (non-hydrogen) atoms. The Morgan fingerprint density at radius 3 is 2.91 bits per heavy atom. The first kappa shape index (κ1) is 5.35. The molecule has 0 atom stereocenters. The maximum absolute atomic E-state index is 11.1. The highest BCUT2D eigenvalue weighted by Crippen LogP contribution is 2.42. The van der Waals surface area contributed by atoms with Gasteiger partial charge < -0.3 is 4.74 Å². The van der Waals surface area contributed by atoms with Crippen LogP contribution in [-0.4, -0.2) is 12.6 Å². The Bertz CT molecular complexity index is 356. The minimum atomic E-state index is -0.130. The number of rotatable bonds is 0. The molecule has 0 aromatic heterocycles. The molecule has 3 rings (SSSR count). The summed E-state index contributed by atoms with van der Waals surface area (Å²) in [5.41, 5.74) is 4.41. The summed E-state index contributed by atoms with van der Waals surface area (Å²) in [6.45, 7) is 0.497. The molecule has 3 aliphatic rings. The number of hydrogen-bond acceptors (Lipinski definition) is 2. The van der Waals surface area contributed by atoms with E-state index in [0.29, 0.717) is 6.61 Å². The molecule has 1 fully saturated rings. The fourth-order valence-corrected chi connectivity index (χ4v) is 1.89. The largest absolute Gasteiger partial charge is 0.457 e. The lowest BCUT2D eigenvalue weighted by atomic mass is 10.1. The summed E-state index contributed by atoms with van der Waals surface area (Å²) in [4.78, 5) is 11.1. The van der Waals surface area contributed by atoms with Crippen molar-refractivity contribution in [2.24, 2.45) is 0 Å². The van der Waals surface area contributed by atoms with Crippen LogP contribution < -0.4 is 0 Å². The molecule has 0 aromatic rings. The lowest BCUT2D eigenvalue weighted by Crippen LogP contribution is -1.96. The highest BCUT2D eigenvalue weighted by atomic mass is 16.5. The molecule has 2 bridgehead atoms. The van der Waals surface area contributed by atoms with Gasteiger partial charge in [-0.2, -0.15) is 0 Å². The Hall–Kier alpha value is -1.31. The average molecular weight is 146 g/mol. The fourth-order valence-electron chi connectivity index (χ4n) is 1.89. The van der Waals surface area contributed by atoms with Crippen LogP contribution in [0, 0.1) is 0 Å². The summed E-state index contributed by atoms with van der Waals surface area (Å²) in [6.07, 6.45) is 5.05. The number of hydrogen-bond donors (Lipinski definition) is 0. The van der Waals surface area contributed by atoms with Crippen LogP contribution in [0.3, 0.4) is 0 Å². The molecule has 0 unspecified atom stereocenters. The molecule has 0 aromatic carbocycles. The van der Waals surface area contributed by atoms with Gasteiger partial charge in [-0.3, -0.25) is 0 Å². The molecule has 1 aliphatic heterocycles. The molecule has 0 radical (unpaired) electrons. The van der Waals surface area contributed by atoms with Crippen molar-refractivity contribution in [1.82, 2.24) is 0 Å². The zero-order valence-electron chi connectivity index (χ0n) is 5.89. The second-order valence-electron chi connectivity index (χ2n) is 2.99. The highest BCUT2D eigenvalue weighted by Gasteiger charge is 2.36. The van der Waals surface area contributed by atoms with Crippen LogP contribution in [-0.2, 0) is 9.53 Å². The van der Waals surface area contributed by atoms with Crippen LogP contribution in [0.5, 0.6) is 0 Å². The van der Waals surface area contributed by atoms with Gasteiger partial charge in [-0.15, -0.1) is 0 Å². The number of carbonyl (C=O) groups excluding carboxylic acids is 1. The van der Waals surface area contributed by atoms with Crippen LogP contribution in [0.25, 0.3) is 0 Å². The predicted octanol–water partition coefficient (Wildman–Crippen LogP) is 1.11. The van der Waals surface area contributed by atoms with Crippen molar-refractivity contribution in [3.05, 3.63) is 34.4 Å². The summed E-state index contributed by atoms with van der Waals surface area (Å²) in [7, 11) is 0. The van der Waals surface area contributed by atoms with Gasteiger partial charge in [0.2, 0.25) is 0 Å². The van der Waals surface area contributed by atoms with Crippen molar-refractivity contribution in [3.63, 3.8) is 0 Å². The molecule has 0 spiro atoms. The van der Waals surface area contributed by atoms with Gasteiger partial charge in [0.25, 0.3) is 0 Å². The molecule has 1 heterocycles. The standard InChI is InChI=1S/C9H6O2/c10-9-8-6-2-1-5(3-6)7(8)4-11-9/h1-2H,3-4H2. The van der Waals surface area contributed by atoms with Gasteiger partial charge in [0.1, 0.15) is 6.61 Å². The number of fused-ring (bicyclic) bond motifs is 3. The van der Waals surface area contributed by atoms with Crippen LogP contribution in [0.15, 0.2) is 34.4 Å². The first-order valence-corrected chi connectivity index (χ1v) is 3.67. The zero-order valence-corrected chi connectivity index (χ0v) is 5.89. The molecular formula is C9H6O2. The quantitative estimate of drug-likeness (QED) is 0.478. The summed E-state index contributed by atoms with van der Waals surface area (Å²) in [5, 5.41) is 0. The summed E-state index contributed by atoms with van der Waals surface area (Å²) < 4.78 is 4.91. The van der Waals surface area contributed by atoms with E-state index < -0.39 is 0 Å². The van der Waals surface area contributed by atoms with E-state index in [1.54, 1.807) is 0 Å². The zero-order chi connectivity index (χ0) is 7.42. The molecule has 0 saturated carbocycles. The fraction of sp³-hybridized carbons (Fsp3) is 0.222. The second-order valence-corrected chi connectivity index (χ2v) is 2.99. The van der Waals surface area contributed by atoms with Gasteiger partial charge in [0, 0.05) is 5.57 Å². The smallest absolute Gasteiger partial charge is 0.339 e. The van der Waals surface area contributed by atoms with E-state index in [0.717, 1.165) is 23.1 Å². The lowest BCUT2D eigenvalue weighted by Gasteiger charge is -1.93. The Balaban J connectivity index is 2.34. The van der Waals surface area contributed by atoms with Crippen molar-refractivity contribution >= 4 is 5.97 Å². The van der Waals surface area contributed by atoms with Crippen molar-refractivity contribution in [3.8, 4) is 0 Å². The molecule has 2 heteroatoms. The van der Waals surface area contributed by atoms with E-state index in [-0.39, 0.29) is 5.97 Å². The van der Waals surface area contributed by atoms with E-state index >= 15 is 0 Å². The first-order valence-electron chi connectivity index (χ1n) is 3.67. The van der Waals surface area contributed by atoms with Crippen molar-refractivity contribution in [2.45, 2.75) is 6.42 Å². The van der Waals surface area contributed by atoms with E-state index in [1.165, 1.54) is 5.57 Å². The Morgan fingerprint density at radius 1 is 1.27 bits per heavy atom. The SMILES string of the molecule is O=C1OCC2=C3C=CC(=C12)C3. The van der Waals surface area contributed by atoms with Crippen LogP contribution in [0.1, 0.15) is 6.42 Å². The van der Waals surface area contributed by atoms with E-state index in [4.69, 9.17) is 4.74 Å². The van der Waals surface area contributed by atoms with Crippen LogP contribution >= 0.6 is 0 Å². The first-order chi connectivity index (χ1) is 5.36. The van der Waals surface area contributed by atoms with Gasteiger partial charge in [0.15, 0.2) is 0 Å². The minimum absolute atomic E-state index is 0.130. The Labute approximate surface area is 63.8 Å². The Morgan fingerprint density at radius 2 is 2.09 bits per heavy atom. The summed E-state index contributed by atoms with van der Waals surface area (Å²) in [5.74, 6) is -0.130. The number of allylic oxidation sites excluding steroid dienone is 4. The number of esters is 1.